The van der Waals surface area contributed by atoms with Crippen LogP contribution in [-0.2, 0) is 6.54 Å². The smallest absolute Gasteiger partial charge is 0.122 e. The third kappa shape index (κ3) is 2.71. The van der Waals surface area contributed by atoms with Crippen molar-refractivity contribution in [3.63, 3.8) is 0 Å². The van der Waals surface area contributed by atoms with Gasteiger partial charge in [-0.2, -0.15) is 5.10 Å². The molecule has 19 heavy (non-hydrogen) atoms. The number of hydrogen-bond acceptors (Lipinski definition) is 2. The molecule has 1 atom stereocenters. The van der Waals surface area contributed by atoms with Gasteiger partial charge in [-0.15, -0.1) is 0 Å². The number of halogens is 2. The molecule has 102 valence electrons. The van der Waals surface area contributed by atoms with E-state index in [9.17, 15) is 5.11 Å². The first-order chi connectivity index (χ1) is 8.95. The molecule has 5 heteroatoms. The molecule has 2 rings (SSSR count). The van der Waals surface area contributed by atoms with Crippen LogP contribution in [0.15, 0.2) is 22.8 Å². The minimum atomic E-state index is -0.763. The fourth-order valence-corrected chi connectivity index (χ4v) is 2.66. The van der Waals surface area contributed by atoms with Gasteiger partial charge in [0.05, 0.1) is 16.9 Å². The van der Waals surface area contributed by atoms with E-state index in [1.807, 2.05) is 32.9 Å². The largest absolute Gasteiger partial charge is 0.382 e. The number of rotatable bonds is 3. The SMILES string of the molecule is CCn1ncc(Cl)c1C(O)c1cc(C)c(Br)c(C)c1. The van der Waals surface area contributed by atoms with E-state index in [1.54, 1.807) is 10.9 Å². The third-order valence-electron chi connectivity index (χ3n) is 3.17. The molecule has 1 N–H and O–H groups in total. The molecule has 3 nitrogen and oxygen atoms in total. The maximum absolute atomic E-state index is 10.6. The maximum atomic E-state index is 10.6. The lowest BCUT2D eigenvalue weighted by Gasteiger charge is -2.16. The van der Waals surface area contributed by atoms with E-state index in [0.29, 0.717) is 17.3 Å². The second kappa shape index (κ2) is 5.65. The number of benzene rings is 1. The average molecular weight is 344 g/mol. The highest BCUT2D eigenvalue weighted by Gasteiger charge is 2.20. The fourth-order valence-electron chi connectivity index (χ4n) is 2.19. The van der Waals surface area contributed by atoms with Crippen molar-refractivity contribution in [3.8, 4) is 0 Å². The Bertz CT molecular complexity index is 586. The zero-order valence-corrected chi connectivity index (χ0v) is 13.5. The Morgan fingerprint density at radius 2 is 1.95 bits per heavy atom. The molecule has 0 amide bonds. The predicted octanol–water partition coefficient (Wildman–Crippen LogP) is 4.02. The normalized spacial score (nSPS) is 12.7. The molecule has 0 bridgehead atoms. The summed E-state index contributed by atoms with van der Waals surface area (Å²) in [4.78, 5) is 0. The average Bonchev–Trinajstić information content (AvgIpc) is 2.75. The van der Waals surface area contributed by atoms with Crippen molar-refractivity contribution in [1.82, 2.24) is 9.78 Å². The summed E-state index contributed by atoms with van der Waals surface area (Å²) in [6.07, 6.45) is 0.808. The van der Waals surface area contributed by atoms with Gasteiger partial charge in [-0.25, -0.2) is 0 Å². The molecule has 0 spiro atoms. The van der Waals surface area contributed by atoms with Gasteiger partial charge in [-0.05, 0) is 37.5 Å². The van der Waals surface area contributed by atoms with Crippen molar-refractivity contribution in [2.45, 2.75) is 33.4 Å². The zero-order valence-electron chi connectivity index (χ0n) is 11.1. The Morgan fingerprint density at radius 3 is 2.47 bits per heavy atom. The Kier molecular flexibility index (Phi) is 4.33. The molecule has 0 aliphatic rings. The molecule has 0 aliphatic heterocycles. The van der Waals surface area contributed by atoms with Crippen LogP contribution in [0.3, 0.4) is 0 Å². The first-order valence-electron chi connectivity index (χ1n) is 6.11. The Morgan fingerprint density at radius 1 is 1.37 bits per heavy atom. The summed E-state index contributed by atoms with van der Waals surface area (Å²) >= 11 is 9.66. The van der Waals surface area contributed by atoms with Crippen molar-refractivity contribution >= 4 is 27.5 Å². The fraction of sp³-hybridized carbons (Fsp3) is 0.357. The van der Waals surface area contributed by atoms with Crippen LogP contribution in [0.5, 0.6) is 0 Å². The van der Waals surface area contributed by atoms with E-state index in [1.165, 1.54) is 0 Å². The Labute approximate surface area is 126 Å². The van der Waals surface area contributed by atoms with E-state index in [-0.39, 0.29) is 0 Å². The van der Waals surface area contributed by atoms with E-state index in [4.69, 9.17) is 11.6 Å². The van der Waals surface area contributed by atoms with Crippen molar-refractivity contribution in [1.29, 1.82) is 0 Å². The van der Waals surface area contributed by atoms with Crippen LogP contribution in [0.2, 0.25) is 5.02 Å². The minimum Gasteiger partial charge on any atom is -0.382 e. The second-order valence-corrected chi connectivity index (χ2v) is 5.76. The summed E-state index contributed by atoms with van der Waals surface area (Å²) in [6, 6.07) is 3.93. The van der Waals surface area contributed by atoms with Crippen LogP contribution in [0.1, 0.15) is 35.4 Å². The van der Waals surface area contributed by atoms with Gasteiger partial charge in [0.15, 0.2) is 0 Å². The van der Waals surface area contributed by atoms with Crippen molar-refractivity contribution in [3.05, 3.63) is 50.2 Å². The molecule has 0 saturated heterocycles. The second-order valence-electron chi connectivity index (χ2n) is 4.56. The molecule has 0 saturated carbocycles. The number of aliphatic hydroxyl groups excluding tert-OH is 1. The lowest BCUT2D eigenvalue weighted by atomic mass is 10.0. The monoisotopic (exact) mass is 342 g/mol. The highest BCUT2D eigenvalue weighted by Crippen LogP contribution is 2.31. The number of hydrogen-bond donors (Lipinski definition) is 1. The first kappa shape index (κ1) is 14.6. The summed E-state index contributed by atoms with van der Waals surface area (Å²) in [5.41, 5.74) is 3.65. The number of aryl methyl sites for hydroxylation is 3. The van der Waals surface area contributed by atoms with Crippen molar-refractivity contribution in [2.24, 2.45) is 0 Å². The summed E-state index contributed by atoms with van der Waals surface area (Å²) in [7, 11) is 0. The van der Waals surface area contributed by atoms with Crippen LogP contribution < -0.4 is 0 Å². The van der Waals surface area contributed by atoms with E-state index < -0.39 is 6.10 Å². The van der Waals surface area contributed by atoms with Gasteiger partial charge >= 0.3 is 0 Å². The molecule has 0 aliphatic carbocycles. The van der Waals surface area contributed by atoms with Gasteiger partial charge in [0.2, 0.25) is 0 Å². The zero-order chi connectivity index (χ0) is 14.2. The van der Waals surface area contributed by atoms with Gasteiger partial charge in [0.1, 0.15) is 6.10 Å². The van der Waals surface area contributed by atoms with Crippen LogP contribution in [0.25, 0.3) is 0 Å². The summed E-state index contributed by atoms with van der Waals surface area (Å²) in [5.74, 6) is 0. The first-order valence-corrected chi connectivity index (χ1v) is 7.28. The molecule has 0 radical (unpaired) electrons. The lowest BCUT2D eigenvalue weighted by Crippen LogP contribution is -2.10. The highest BCUT2D eigenvalue weighted by atomic mass is 79.9. The van der Waals surface area contributed by atoms with Gasteiger partial charge in [-0.1, -0.05) is 39.7 Å². The summed E-state index contributed by atoms with van der Waals surface area (Å²) < 4.78 is 2.79. The lowest BCUT2D eigenvalue weighted by molar-refractivity contribution is 0.208. The van der Waals surface area contributed by atoms with Gasteiger partial charge in [0.25, 0.3) is 0 Å². The van der Waals surface area contributed by atoms with E-state index in [2.05, 4.69) is 21.0 Å². The Balaban J connectivity index is 2.49. The minimum absolute atomic E-state index is 0.493. The highest BCUT2D eigenvalue weighted by molar-refractivity contribution is 9.10. The van der Waals surface area contributed by atoms with Crippen molar-refractivity contribution < 1.29 is 5.11 Å². The molecule has 2 aromatic rings. The maximum Gasteiger partial charge on any atom is 0.122 e. The molecule has 1 aromatic carbocycles. The number of aromatic nitrogens is 2. The number of nitrogens with zero attached hydrogens (tertiary/aromatic N) is 2. The quantitative estimate of drug-likeness (QED) is 0.914. The molecular formula is C14H16BrClN2O. The van der Waals surface area contributed by atoms with Gasteiger partial charge < -0.3 is 5.11 Å². The molecule has 1 aromatic heterocycles. The summed E-state index contributed by atoms with van der Waals surface area (Å²) in [5, 5.41) is 15.2. The van der Waals surface area contributed by atoms with Crippen LogP contribution in [0.4, 0.5) is 0 Å². The van der Waals surface area contributed by atoms with E-state index >= 15 is 0 Å². The van der Waals surface area contributed by atoms with E-state index in [0.717, 1.165) is 21.2 Å². The standard InChI is InChI=1S/C14H16BrClN2O/c1-4-18-13(11(16)7-17-18)14(19)10-5-8(2)12(15)9(3)6-10/h5-7,14,19H,4H2,1-3H3. The third-order valence-corrected chi connectivity index (χ3v) is 4.71. The number of aliphatic hydroxyl groups is 1. The van der Waals surface area contributed by atoms with Crippen molar-refractivity contribution in [2.75, 3.05) is 0 Å². The topological polar surface area (TPSA) is 38.0 Å². The molecule has 1 unspecified atom stereocenters. The molecule has 1 heterocycles. The van der Waals surface area contributed by atoms with Crippen LogP contribution in [-0.4, -0.2) is 14.9 Å². The summed E-state index contributed by atoms with van der Waals surface area (Å²) in [6.45, 7) is 6.66. The Hall–Kier alpha value is -0.840. The molecule has 0 fully saturated rings. The molecular weight excluding hydrogens is 328 g/mol. The van der Waals surface area contributed by atoms with Crippen LogP contribution in [0, 0.1) is 13.8 Å². The van der Waals surface area contributed by atoms with Crippen LogP contribution >= 0.6 is 27.5 Å². The van der Waals surface area contributed by atoms with Gasteiger partial charge in [-0.3, -0.25) is 4.68 Å². The van der Waals surface area contributed by atoms with Gasteiger partial charge in [0, 0.05) is 11.0 Å². The predicted molar refractivity (Wildman–Crippen MR) is 80.6 cm³/mol.